The number of aryl methyl sites for hydroxylation is 1. The zero-order valence-corrected chi connectivity index (χ0v) is 15.3. The summed E-state index contributed by atoms with van der Waals surface area (Å²) in [5.41, 5.74) is 3.35. The molecule has 1 amide bonds. The quantitative estimate of drug-likeness (QED) is 0.639. The molecule has 0 bridgehead atoms. The molecule has 0 aliphatic heterocycles. The molecule has 5 nitrogen and oxygen atoms in total. The Hall–Kier alpha value is -2.95. The first kappa shape index (κ1) is 17.9. The van der Waals surface area contributed by atoms with E-state index in [4.69, 9.17) is 10.6 Å². The van der Waals surface area contributed by atoms with E-state index in [0.29, 0.717) is 18.8 Å². The first-order valence-electron chi connectivity index (χ1n) is 9.03. The minimum absolute atomic E-state index is 0.168. The van der Waals surface area contributed by atoms with E-state index in [2.05, 4.69) is 12.2 Å². The molecule has 0 unspecified atom stereocenters. The molecule has 136 valence electrons. The van der Waals surface area contributed by atoms with Crippen molar-refractivity contribution in [2.45, 2.75) is 33.2 Å². The number of nitrogens with one attached hydrogen (secondary N) is 1. The summed E-state index contributed by atoms with van der Waals surface area (Å²) in [6.45, 7) is 5.02. The molecule has 0 atom stereocenters. The highest BCUT2D eigenvalue weighted by atomic mass is 16.5. The lowest BCUT2D eigenvalue weighted by molar-refractivity contribution is 0.0942. The van der Waals surface area contributed by atoms with Crippen molar-refractivity contribution in [1.82, 2.24) is 9.99 Å². The zero-order chi connectivity index (χ0) is 18.5. The number of nitrogens with zero attached hydrogens (tertiary/aromatic N) is 1. The van der Waals surface area contributed by atoms with Crippen molar-refractivity contribution < 1.29 is 9.53 Å². The maximum atomic E-state index is 12.9. The largest absolute Gasteiger partial charge is 0.494 e. The smallest absolute Gasteiger partial charge is 0.270 e. The van der Waals surface area contributed by atoms with Gasteiger partial charge >= 0.3 is 0 Å². The Labute approximate surface area is 153 Å². The molecule has 0 fully saturated rings. The lowest BCUT2D eigenvalue weighted by atomic mass is 10.1. The number of amides is 1. The molecule has 0 aliphatic carbocycles. The summed E-state index contributed by atoms with van der Waals surface area (Å²) in [5, 5.41) is 4.03. The molecule has 0 radical (unpaired) electrons. The van der Waals surface area contributed by atoms with E-state index >= 15 is 0 Å². The molecule has 1 aromatic heterocycles. The summed E-state index contributed by atoms with van der Waals surface area (Å²) in [5.74, 6) is 6.87. The molecular formula is C21H25N3O2. The summed E-state index contributed by atoms with van der Waals surface area (Å²) in [4.78, 5) is 12.9. The molecule has 0 spiro atoms. The highest BCUT2D eigenvalue weighted by Crippen LogP contribution is 2.26. The minimum atomic E-state index is -0.168. The van der Waals surface area contributed by atoms with Crippen LogP contribution in [0, 0.1) is 0 Å². The van der Waals surface area contributed by atoms with E-state index in [9.17, 15) is 4.79 Å². The number of fused-ring (bicyclic) bond motifs is 1. The second kappa shape index (κ2) is 7.95. The monoisotopic (exact) mass is 351 g/mol. The van der Waals surface area contributed by atoms with Crippen LogP contribution in [0.5, 0.6) is 5.75 Å². The van der Waals surface area contributed by atoms with Crippen LogP contribution in [-0.4, -0.2) is 17.2 Å². The number of benzene rings is 2. The van der Waals surface area contributed by atoms with Gasteiger partial charge in [0.25, 0.3) is 5.91 Å². The summed E-state index contributed by atoms with van der Waals surface area (Å²) in [6, 6.07) is 15.6. The first-order valence-corrected chi connectivity index (χ1v) is 9.03. The van der Waals surface area contributed by atoms with Crippen LogP contribution in [-0.2, 0) is 13.0 Å². The van der Waals surface area contributed by atoms with Crippen LogP contribution in [0.1, 0.15) is 41.9 Å². The molecule has 0 saturated carbocycles. The zero-order valence-electron chi connectivity index (χ0n) is 15.3. The number of nitrogen functional groups attached to an aromatic ring is 1. The molecule has 3 aromatic rings. The molecule has 1 heterocycles. The Morgan fingerprint density at radius 1 is 1.12 bits per heavy atom. The third-order valence-corrected chi connectivity index (χ3v) is 4.44. The van der Waals surface area contributed by atoms with Crippen LogP contribution in [0.4, 0.5) is 0 Å². The fourth-order valence-electron chi connectivity index (χ4n) is 3.29. The SMILES string of the molecule is CCCc1c(C(=O)NCc2ccccc2OCC)n(N)c2ccccc12. The number of ether oxygens (including phenoxy) is 1. The highest BCUT2D eigenvalue weighted by molar-refractivity contribution is 6.01. The molecule has 2 aromatic carbocycles. The second-order valence-electron chi connectivity index (χ2n) is 6.19. The summed E-state index contributed by atoms with van der Waals surface area (Å²) < 4.78 is 7.13. The van der Waals surface area contributed by atoms with Crippen molar-refractivity contribution in [3.8, 4) is 5.75 Å². The lowest BCUT2D eigenvalue weighted by Gasteiger charge is -2.12. The van der Waals surface area contributed by atoms with Gasteiger partial charge < -0.3 is 15.9 Å². The van der Waals surface area contributed by atoms with Crippen molar-refractivity contribution in [2.75, 3.05) is 12.4 Å². The van der Waals surface area contributed by atoms with Gasteiger partial charge in [-0.1, -0.05) is 49.7 Å². The average Bonchev–Trinajstić information content (AvgIpc) is 2.94. The van der Waals surface area contributed by atoms with Gasteiger partial charge in [-0.2, -0.15) is 0 Å². The summed E-state index contributed by atoms with van der Waals surface area (Å²) in [7, 11) is 0. The predicted molar refractivity (Wildman–Crippen MR) is 105 cm³/mol. The van der Waals surface area contributed by atoms with Crippen molar-refractivity contribution in [2.24, 2.45) is 0 Å². The number of hydrogen-bond donors (Lipinski definition) is 2. The molecule has 5 heteroatoms. The van der Waals surface area contributed by atoms with Crippen LogP contribution < -0.4 is 15.9 Å². The van der Waals surface area contributed by atoms with E-state index in [0.717, 1.165) is 40.6 Å². The maximum Gasteiger partial charge on any atom is 0.270 e. The summed E-state index contributed by atoms with van der Waals surface area (Å²) in [6.07, 6.45) is 1.75. The van der Waals surface area contributed by atoms with Crippen LogP contribution in [0.2, 0.25) is 0 Å². The minimum Gasteiger partial charge on any atom is -0.494 e. The standard InChI is InChI=1S/C21H25N3O2/c1-3-9-17-16-11-6-7-12-18(16)24(22)20(17)21(25)23-14-15-10-5-8-13-19(15)26-4-2/h5-8,10-13H,3-4,9,14,22H2,1-2H3,(H,23,25). The Bertz CT molecular complexity index is 915. The molecule has 0 saturated heterocycles. The number of rotatable bonds is 7. The third-order valence-electron chi connectivity index (χ3n) is 4.44. The van der Waals surface area contributed by atoms with Crippen molar-refractivity contribution in [3.05, 3.63) is 65.4 Å². The van der Waals surface area contributed by atoms with E-state index < -0.39 is 0 Å². The fraction of sp³-hybridized carbons (Fsp3) is 0.286. The van der Waals surface area contributed by atoms with Crippen LogP contribution in [0.15, 0.2) is 48.5 Å². The maximum absolute atomic E-state index is 12.9. The highest BCUT2D eigenvalue weighted by Gasteiger charge is 2.21. The van der Waals surface area contributed by atoms with Gasteiger partial charge in [-0.25, -0.2) is 0 Å². The molecule has 0 aliphatic rings. The predicted octanol–water partition coefficient (Wildman–Crippen LogP) is 3.64. The van der Waals surface area contributed by atoms with Gasteiger partial charge in [-0.05, 0) is 31.0 Å². The lowest BCUT2D eigenvalue weighted by Crippen LogP contribution is -2.29. The number of carbonyl (C=O) groups excluding carboxylic acids is 1. The second-order valence-corrected chi connectivity index (χ2v) is 6.19. The van der Waals surface area contributed by atoms with Crippen LogP contribution in [0.3, 0.4) is 0 Å². The molecule has 3 rings (SSSR count). The molecular weight excluding hydrogens is 326 g/mol. The number of nitrogens with two attached hydrogens (primary N) is 1. The van der Waals surface area contributed by atoms with Crippen molar-refractivity contribution >= 4 is 16.8 Å². The molecule has 26 heavy (non-hydrogen) atoms. The van der Waals surface area contributed by atoms with Crippen molar-refractivity contribution in [3.63, 3.8) is 0 Å². The molecule has 3 N–H and O–H groups in total. The summed E-state index contributed by atoms with van der Waals surface area (Å²) >= 11 is 0. The van der Waals surface area contributed by atoms with Gasteiger partial charge in [0.05, 0.1) is 12.1 Å². The average molecular weight is 351 g/mol. The third kappa shape index (κ3) is 3.38. The van der Waals surface area contributed by atoms with E-state index in [1.54, 1.807) is 0 Å². The van der Waals surface area contributed by atoms with Gasteiger partial charge in [0.2, 0.25) is 0 Å². The Morgan fingerprint density at radius 3 is 2.62 bits per heavy atom. The Balaban J connectivity index is 1.89. The normalized spacial score (nSPS) is 10.8. The van der Waals surface area contributed by atoms with Gasteiger partial charge in [0, 0.05) is 17.5 Å². The van der Waals surface area contributed by atoms with Gasteiger partial charge in [-0.3, -0.25) is 9.47 Å². The van der Waals surface area contributed by atoms with E-state index in [-0.39, 0.29) is 5.91 Å². The van der Waals surface area contributed by atoms with Crippen LogP contribution >= 0.6 is 0 Å². The Kier molecular flexibility index (Phi) is 5.46. The van der Waals surface area contributed by atoms with Crippen molar-refractivity contribution in [1.29, 1.82) is 0 Å². The fourth-order valence-corrected chi connectivity index (χ4v) is 3.29. The van der Waals surface area contributed by atoms with Gasteiger partial charge in [0.1, 0.15) is 11.4 Å². The topological polar surface area (TPSA) is 69.3 Å². The number of para-hydroxylation sites is 2. The van der Waals surface area contributed by atoms with Gasteiger partial charge in [-0.15, -0.1) is 0 Å². The first-order chi connectivity index (χ1) is 12.7. The van der Waals surface area contributed by atoms with Crippen LogP contribution in [0.25, 0.3) is 10.9 Å². The van der Waals surface area contributed by atoms with E-state index in [1.807, 2.05) is 55.5 Å². The Morgan fingerprint density at radius 2 is 1.85 bits per heavy atom. The number of carbonyl (C=O) groups is 1. The number of hydrogen-bond acceptors (Lipinski definition) is 3. The van der Waals surface area contributed by atoms with Gasteiger partial charge in [0.15, 0.2) is 0 Å². The number of aromatic nitrogens is 1. The van der Waals surface area contributed by atoms with E-state index in [1.165, 1.54) is 4.68 Å².